The summed E-state index contributed by atoms with van der Waals surface area (Å²) in [6.07, 6.45) is 1.23. The van der Waals surface area contributed by atoms with Crippen LogP contribution in [-0.4, -0.2) is 17.9 Å². The van der Waals surface area contributed by atoms with Crippen molar-refractivity contribution in [3.8, 4) is 0 Å². The molecule has 2 unspecified atom stereocenters. The summed E-state index contributed by atoms with van der Waals surface area (Å²) in [6.45, 7) is 6.63. The first-order valence-corrected chi connectivity index (χ1v) is 6.32. The van der Waals surface area contributed by atoms with Gasteiger partial charge in [0, 0.05) is 18.9 Å². The van der Waals surface area contributed by atoms with Crippen LogP contribution in [0, 0.1) is 11.8 Å². The van der Waals surface area contributed by atoms with Crippen LogP contribution in [0.4, 0.5) is 0 Å². The Morgan fingerprint density at radius 3 is 2.71 bits per heavy atom. The maximum Gasteiger partial charge on any atom is 0.225 e. The van der Waals surface area contributed by atoms with Gasteiger partial charge in [-0.1, -0.05) is 20.8 Å². The molecule has 94 valence electrons. The molecule has 0 saturated heterocycles. The first-order valence-electron chi connectivity index (χ1n) is 6.32. The first-order chi connectivity index (χ1) is 7.99. The largest absolute Gasteiger partial charge is 0.464 e. The Balaban J connectivity index is 1.95. The maximum atomic E-state index is 11.7. The van der Waals surface area contributed by atoms with Crippen molar-refractivity contribution in [3.63, 3.8) is 0 Å². The zero-order chi connectivity index (χ0) is 12.6. The number of nitrogens with zero attached hydrogens (tertiary/aromatic N) is 1. The van der Waals surface area contributed by atoms with Crippen LogP contribution in [-0.2, 0) is 11.3 Å². The maximum absolute atomic E-state index is 11.7. The molecule has 1 aliphatic carbocycles. The molecule has 0 aliphatic heterocycles. The molecule has 1 amide bonds. The Morgan fingerprint density at radius 1 is 1.53 bits per heavy atom. The van der Waals surface area contributed by atoms with E-state index in [0.29, 0.717) is 12.5 Å². The minimum Gasteiger partial charge on any atom is -0.464 e. The summed E-state index contributed by atoms with van der Waals surface area (Å²) in [5.74, 6) is 3.52. The second kappa shape index (κ2) is 4.55. The fourth-order valence-electron chi connectivity index (χ4n) is 2.15. The smallest absolute Gasteiger partial charge is 0.225 e. The van der Waals surface area contributed by atoms with Crippen molar-refractivity contribution < 1.29 is 9.21 Å². The summed E-state index contributed by atoms with van der Waals surface area (Å²) in [5.41, 5.74) is 0. The summed E-state index contributed by atoms with van der Waals surface area (Å²) in [4.78, 5) is 13.5. The molecule has 1 aromatic heterocycles. The molecule has 1 fully saturated rings. The van der Waals surface area contributed by atoms with Gasteiger partial charge in [0.25, 0.3) is 0 Å². The van der Waals surface area contributed by atoms with Crippen molar-refractivity contribution in [2.75, 3.05) is 7.05 Å². The Labute approximate surface area is 103 Å². The molecule has 2 rings (SSSR count). The van der Waals surface area contributed by atoms with E-state index in [1.54, 1.807) is 4.90 Å². The quantitative estimate of drug-likeness (QED) is 0.803. The van der Waals surface area contributed by atoms with E-state index < -0.39 is 0 Å². The molecular weight excluding hydrogens is 214 g/mol. The highest BCUT2D eigenvalue weighted by Gasteiger charge is 2.36. The third kappa shape index (κ3) is 2.71. The molecule has 0 aromatic carbocycles. The molecule has 2 atom stereocenters. The number of rotatable bonds is 4. The SMILES string of the molecule is CC(C)C(=O)N(C)Cc1ccc(C2CC2C)o1. The number of hydrogen-bond donors (Lipinski definition) is 0. The van der Waals surface area contributed by atoms with Gasteiger partial charge in [-0.15, -0.1) is 0 Å². The highest BCUT2D eigenvalue weighted by atomic mass is 16.3. The normalized spacial score (nSPS) is 22.9. The van der Waals surface area contributed by atoms with Crippen molar-refractivity contribution in [2.24, 2.45) is 11.8 Å². The first kappa shape index (κ1) is 12.2. The van der Waals surface area contributed by atoms with Crippen molar-refractivity contribution >= 4 is 5.91 Å². The second-order valence-electron chi connectivity index (χ2n) is 5.47. The van der Waals surface area contributed by atoms with Gasteiger partial charge in [0.1, 0.15) is 11.5 Å². The van der Waals surface area contributed by atoms with Crippen LogP contribution in [0.3, 0.4) is 0 Å². The molecule has 1 heterocycles. The van der Waals surface area contributed by atoms with Crippen LogP contribution < -0.4 is 0 Å². The summed E-state index contributed by atoms with van der Waals surface area (Å²) < 4.78 is 5.78. The molecule has 3 heteroatoms. The van der Waals surface area contributed by atoms with Crippen LogP contribution in [0.25, 0.3) is 0 Å². The van der Waals surface area contributed by atoms with Crippen LogP contribution in [0.5, 0.6) is 0 Å². The minimum atomic E-state index is 0.0397. The van der Waals surface area contributed by atoms with E-state index in [9.17, 15) is 4.79 Å². The summed E-state index contributed by atoms with van der Waals surface area (Å²) in [7, 11) is 1.82. The molecule has 0 radical (unpaired) electrons. The average Bonchev–Trinajstić information content (AvgIpc) is 2.82. The Hall–Kier alpha value is -1.25. The highest BCUT2D eigenvalue weighted by Crippen LogP contribution is 2.47. The zero-order valence-corrected chi connectivity index (χ0v) is 11.1. The Morgan fingerprint density at radius 2 is 2.18 bits per heavy atom. The van der Waals surface area contributed by atoms with Gasteiger partial charge in [-0.25, -0.2) is 0 Å². The molecular formula is C14H21NO2. The van der Waals surface area contributed by atoms with E-state index in [4.69, 9.17) is 4.42 Å². The lowest BCUT2D eigenvalue weighted by atomic mass is 10.2. The monoisotopic (exact) mass is 235 g/mol. The van der Waals surface area contributed by atoms with Crippen molar-refractivity contribution in [3.05, 3.63) is 23.7 Å². The summed E-state index contributed by atoms with van der Waals surface area (Å²) >= 11 is 0. The second-order valence-corrected chi connectivity index (χ2v) is 5.47. The molecule has 1 aromatic rings. The molecule has 0 spiro atoms. The number of amides is 1. The molecule has 3 nitrogen and oxygen atoms in total. The lowest BCUT2D eigenvalue weighted by molar-refractivity contribution is -0.133. The molecule has 0 N–H and O–H groups in total. The summed E-state index contributed by atoms with van der Waals surface area (Å²) in [5, 5.41) is 0. The van der Waals surface area contributed by atoms with Gasteiger partial charge in [-0.3, -0.25) is 4.79 Å². The van der Waals surface area contributed by atoms with Crippen LogP contribution in [0.15, 0.2) is 16.5 Å². The number of hydrogen-bond acceptors (Lipinski definition) is 2. The predicted octanol–water partition coefficient (Wildman–Crippen LogP) is 3.02. The van der Waals surface area contributed by atoms with Gasteiger partial charge in [0.2, 0.25) is 5.91 Å². The molecule has 0 bridgehead atoms. The Kier molecular flexibility index (Phi) is 3.27. The Bertz CT molecular complexity index is 408. The standard InChI is InChI=1S/C14H21NO2/c1-9(2)14(16)15(4)8-11-5-6-13(17-11)12-7-10(12)3/h5-6,9-10,12H,7-8H2,1-4H3. The lowest BCUT2D eigenvalue weighted by Gasteiger charge is -2.17. The van der Waals surface area contributed by atoms with E-state index in [1.165, 1.54) is 6.42 Å². The number of carbonyl (C=O) groups is 1. The zero-order valence-electron chi connectivity index (χ0n) is 11.1. The van der Waals surface area contributed by atoms with Crippen LogP contribution in [0.1, 0.15) is 44.6 Å². The molecule has 17 heavy (non-hydrogen) atoms. The van der Waals surface area contributed by atoms with Crippen molar-refractivity contribution in [1.29, 1.82) is 0 Å². The van der Waals surface area contributed by atoms with E-state index in [2.05, 4.69) is 13.0 Å². The molecule has 1 saturated carbocycles. The topological polar surface area (TPSA) is 33.5 Å². The van der Waals surface area contributed by atoms with E-state index in [1.807, 2.05) is 27.0 Å². The highest BCUT2D eigenvalue weighted by molar-refractivity contribution is 5.77. The van der Waals surface area contributed by atoms with Crippen LogP contribution in [0.2, 0.25) is 0 Å². The number of carbonyl (C=O) groups excluding carboxylic acids is 1. The van der Waals surface area contributed by atoms with E-state index in [-0.39, 0.29) is 11.8 Å². The summed E-state index contributed by atoms with van der Waals surface area (Å²) in [6, 6.07) is 4.04. The third-order valence-corrected chi connectivity index (χ3v) is 3.42. The van der Waals surface area contributed by atoms with Gasteiger partial charge in [0.15, 0.2) is 0 Å². The van der Waals surface area contributed by atoms with Crippen LogP contribution >= 0.6 is 0 Å². The average molecular weight is 235 g/mol. The fourth-order valence-corrected chi connectivity index (χ4v) is 2.15. The molecule has 1 aliphatic rings. The number of furan rings is 1. The lowest BCUT2D eigenvalue weighted by Crippen LogP contribution is -2.29. The third-order valence-electron chi connectivity index (χ3n) is 3.42. The van der Waals surface area contributed by atoms with Gasteiger partial charge >= 0.3 is 0 Å². The van der Waals surface area contributed by atoms with Gasteiger partial charge < -0.3 is 9.32 Å². The van der Waals surface area contributed by atoms with Crippen molar-refractivity contribution in [2.45, 2.75) is 39.7 Å². The van der Waals surface area contributed by atoms with Gasteiger partial charge in [0.05, 0.1) is 6.54 Å². The van der Waals surface area contributed by atoms with Gasteiger partial charge in [-0.2, -0.15) is 0 Å². The van der Waals surface area contributed by atoms with E-state index >= 15 is 0 Å². The predicted molar refractivity (Wildman–Crippen MR) is 66.5 cm³/mol. The minimum absolute atomic E-state index is 0.0397. The van der Waals surface area contributed by atoms with Crippen molar-refractivity contribution in [1.82, 2.24) is 4.90 Å². The van der Waals surface area contributed by atoms with Gasteiger partial charge in [-0.05, 0) is 24.5 Å². The van der Waals surface area contributed by atoms with E-state index in [0.717, 1.165) is 17.4 Å². The fraction of sp³-hybridized carbons (Fsp3) is 0.643.